The van der Waals surface area contributed by atoms with Gasteiger partial charge < -0.3 is 9.52 Å². The van der Waals surface area contributed by atoms with Gasteiger partial charge in [0.05, 0.1) is 5.69 Å². The lowest BCUT2D eigenvalue weighted by Gasteiger charge is -2.06. The first-order valence-corrected chi connectivity index (χ1v) is 7.01. The average Bonchev–Trinajstić information content (AvgIpc) is 2.90. The summed E-state index contributed by atoms with van der Waals surface area (Å²) < 4.78 is 5.79. The zero-order valence-corrected chi connectivity index (χ0v) is 11.9. The Labute approximate surface area is 123 Å². The fraction of sp³-hybridized carbons (Fsp3) is 0.167. The minimum atomic E-state index is 0.0765. The quantitative estimate of drug-likeness (QED) is 0.789. The Balaban J connectivity index is 2.09. The van der Waals surface area contributed by atoms with Crippen molar-refractivity contribution >= 4 is 0 Å². The Hall–Kier alpha value is -2.39. The molecule has 21 heavy (non-hydrogen) atoms. The second-order valence-corrected chi connectivity index (χ2v) is 4.91. The van der Waals surface area contributed by atoms with E-state index in [4.69, 9.17) is 9.52 Å². The second-order valence-electron chi connectivity index (χ2n) is 4.91. The maximum atomic E-state index is 9.07. The highest BCUT2D eigenvalue weighted by Crippen LogP contribution is 2.32. The van der Waals surface area contributed by atoms with Gasteiger partial charge in [0.1, 0.15) is 5.76 Å². The summed E-state index contributed by atoms with van der Waals surface area (Å²) in [6, 6.07) is 18.2. The number of aliphatic hydroxyl groups is 1. The van der Waals surface area contributed by atoms with Gasteiger partial charge in [0, 0.05) is 18.6 Å². The largest absolute Gasteiger partial charge is 0.441 e. The summed E-state index contributed by atoms with van der Waals surface area (Å²) in [5, 5.41) is 9.07. The molecule has 106 valence electrons. The SMILES string of the molecule is Cc1oc(-c2ccccc2-c2ccccc2)nc1CCO. The van der Waals surface area contributed by atoms with Crippen molar-refractivity contribution < 1.29 is 9.52 Å². The molecule has 0 aliphatic carbocycles. The molecule has 3 heteroatoms. The van der Waals surface area contributed by atoms with E-state index in [0.29, 0.717) is 12.3 Å². The molecule has 0 aliphatic heterocycles. The molecule has 0 saturated heterocycles. The zero-order chi connectivity index (χ0) is 14.7. The molecule has 1 N–H and O–H groups in total. The van der Waals surface area contributed by atoms with Crippen LogP contribution in [-0.2, 0) is 6.42 Å². The average molecular weight is 279 g/mol. The highest BCUT2D eigenvalue weighted by Gasteiger charge is 2.14. The third-order valence-electron chi connectivity index (χ3n) is 3.48. The third-order valence-corrected chi connectivity index (χ3v) is 3.48. The summed E-state index contributed by atoms with van der Waals surface area (Å²) in [5.41, 5.74) is 4.01. The van der Waals surface area contributed by atoms with Crippen molar-refractivity contribution in [1.82, 2.24) is 4.98 Å². The Kier molecular flexibility index (Phi) is 3.84. The highest BCUT2D eigenvalue weighted by atomic mass is 16.4. The number of benzene rings is 2. The number of aryl methyl sites for hydroxylation is 1. The lowest BCUT2D eigenvalue weighted by Crippen LogP contribution is -1.93. The van der Waals surface area contributed by atoms with Crippen LogP contribution >= 0.6 is 0 Å². The molecule has 0 radical (unpaired) electrons. The standard InChI is InChI=1S/C18H17NO2/c1-13-17(11-12-20)19-18(21-13)16-10-6-5-9-15(16)14-7-3-2-4-8-14/h2-10,20H,11-12H2,1H3. The number of aromatic nitrogens is 1. The summed E-state index contributed by atoms with van der Waals surface area (Å²) in [5.74, 6) is 1.37. The second kappa shape index (κ2) is 5.94. The van der Waals surface area contributed by atoms with Crippen molar-refractivity contribution in [2.75, 3.05) is 6.61 Å². The first kappa shape index (κ1) is 13.6. The number of oxazole rings is 1. The van der Waals surface area contributed by atoms with Gasteiger partial charge in [0.15, 0.2) is 0 Å². The smallest absolute Gasteiger partial charge is 0.227 e. The Morgan fingerprint density at radius 3 is 2.33 bits per heavy atom. The molecule has 0 atom stereocenters. The van der Waals surface area contributed by atoms with Gasteiger partial charge in [0.2, 0.25) is 5.89 Å². The van der Waals surface area contributed by atoms with E-state index in [0.717, 1.165) is 28.1 Å². The van der Waals surface area contributed by atoms with Crippen LogP contribution in [0.15, 0.2) is 59.0 Å². The van der Waals surface area contributed by atoms with Crippen LogP contribution in [-0.4, -0.2) is 16.7 Å². The first-order valence-electron chi connectivity index (χ1n) is 7.01. The number of rotatable bonds is 4. The molecular weight excluding hydrogens is 262 g/mol. The van der Waals surface area contributed by atoms with E-state index in [2.05, 4.69) is 23.2 Å². The number of nitrogens with zero attached hydrogens (tertiary/aromatic N) is 1. The van der Waals surface area contributed by atoms with Crippen LogP contribution in [0, 0.1) is 6.92 Å². The van der Waals surface area contributed by atoms with Crippen LogP contribution in [0.4, 0.5) is 0 Å². The van der Waals surface area contributed by atoms with Crippen molar-refractivity contribution in [2.45, 2.75) is 13.3 Å². The molecule has 0 amide bonds. The molecular formula is C18H17NO2. The van der Waals surface area contributed by atoms with Crippen LogP contribution in [0.25, 0.3) is 22.6 Å². The maximum Gasteiger partial charge on any atom is 0.227 e. The Morgan fingerprint density at radius 1 is 0.952 bits per heavy atom. The van der Waals surface area contributed by atoms with Gasteiger partial charge >= 0.3 is 0 Å². The molecule has 0 saturated carbocycles. The van der Waals surface area contributed by atoms with Gasteiger partial charge in [0.25, 0.3) is 0 Å². The number of aliphatic hydroxyl groups excluding tert-OH is 1. The van der Waals surface area contributed by atoms with Crippen molar-refractivity contribution in [2.24, 2.45) is 0 Å². The molecule has 0 fully saturated rings. The molecule has 3 aromatic rings. The molecule has 1 aromatic heterocycles. The van der Waals surface area contributed by atoms with Crippen molar-refractivity contribution in [1.29, 1.82) is 0 Å². The van der Waals surface area contributed by atoms with E-state index in [9.17, 15) is 0 Å². The molecule has 0 bridgehead atoms. The molecule has 0 unspecified atom stereocenters. The van der Waals surface area contributed by atoms with E-state index >= 15 is 0 Å². The van der Waals surface area contributed by atoms with E-state index < -0.39 is 0 Å². The van der Waals surface area contributed by atoms with Crippen molar-refractivity contribution in [3.05, 3.63) is 66.1 Å². The van der Waals surface area contributed by atoms with Crippen molar-refractivity contribution in [3.63, 3.8) is 0 Å². The summed E-state index contributed by atoms with van der Waals surface area (Å²) in [6.45, 7) is 1.96. The van der Waals surface area contributed by atoms with Crippen molar-refractivity contribution in [3.8, 4) is 22.6 Å². The van der Waals surface area contributed by atoms with Gasteiger partial charge in [-0.3, -0.25) is 0 Å². The van der Waals surface area contributed by atoms with Crippen LogP contribution in [0.5, 0.6) is 0 Å². The van der Waals surface area contributed by atoms with E-state index in [1.807, 2.05) is 43.3 Å². The van der Waals surface area contributed by atoms with E-state index in [1.165, 1.54) is 0 Å². The summed E-state index contributed by atoms with van der Waals surface area (Å²) in [4.78, 5) is 4.53. The molecule has 0 aliphatic rings. The first-order chi connectivity index (χ1) is 10.3. The van der Waals surface area contributed by atoms with Gasteiger partial charge in [-0.05, 0) is 24.1 Å². The molecule has 3 rings (SSSR count). The predicted molar refractivity (Wildman–Crippen MR) is 82.9 cm³/mol. The number of hydrogen-bond donors (Lipinski definition) is 1. The highest BCUT2D eigenvalue weighted by molar-refractivity contribution is 5.79. The lowest BCUT2D eigenvalue weighted by molar-refractivity contribution is 0.297. The normalized spacial score (nSPS) is 10.8. The molecule has 0 spiro atoms. The third kappa shape index (κ3) is 2.73. The fourth-order valence-electron chi connectivity index (χ4n) is 2.42. The van der Waals surface area contributed by atoms with E-state index in [-0.39, 0.29) is 6.61 Å². The summed E-state index contributed by atoms with van der Waals surface area (Å²) in [7, 11) is 0. The zero-order valence-electron chi connectivity index (χ0n) is 11.9. The van der Waals surface area contributed by atoms with Gasteiger partial charge in [-0.2, -0.15) is 0 Å². The van der Waals surface area contributed by atoms with Gasteiger partial charge in [-0.1, -0.05) is 48.5 Å². The fourth-order valence-corrected chi connectivity index (χ4v) is 2.42. The predicted octanol–water partition coefficient (Wildman–Crippen LogP) is 3.85. The van der Waals surface area contributed by atoms with Crippen LogP contribution < -0.4 is 0 Å². The van der Waals surface area contributed by atoms with Crippen LogP contribution in [0.2, 0.25) is 0 Å². The monoisotopic (exact) mass is 279 g/mol. The summed E-state index contributed by atoms with van der Waals surface area (Å²) >= 11 is 0. The molecule has 3 nitrogen and oxygen atoms in total. The molecule has 2 aromatic carbocycles. The Bertz CT molecular complexity index is 732. The summed E-state index contributed by atoms with van der Waals surface area (Å²) in [6.07, 6.45) is 0.517. The van der Waals surface area contributed by atoms with E-state index in [1.54, 1.807) is 0 Å². The van der Waals surface area contributed by atoms with Crippen LogP contribution in [0.1, 0.15) is 11.5 Å². The molecule has 1 heterocycles. The van der Waals surface area contributed by atoms with Gasteiger partial charge in [-0.25, -0.2) is 4.98 Å². The number of hydrogen-bond acceptors (Lipinski definition) is 3. The topological polar surface area (TPSA) is 46.3 Å². The van der Waals surface area contributed by atoms with Gasteiger partial charge in [-0.15, -0.1) is 0 Å². The minimum Gasteiger partial charge on any atom is -0.441 e. The lowest BCUT2D eigenvalue weighted by atomic mass is 10.00. The maximum absolute atomic E-state index is 9.07. The minimum absolute atomic E-state index is 0.0765. The van der Waals surface area contributed by atoms with Crippen LogP contribution in [0.3, 0.4) is 0 Å². The Morgan fingerprint density at radius 2 is 1.62 bits per heavy atom.